The summed E-state index contributed by atoms with van der Waals surface area (Å²) in [6, 6.07) is 9.69. The van der Waals surface area contributed by atoms with E-state index in [4.69, 9.17) is 4.74 Å². The van der Waals surface area contributed by atoms with Crippen LogP contribution in [0.5, 0.6) is 0 Å². The van der Waals surface area contributed by atoms with Crippen LogP contribution in [0.4, 0.5) is 0 Å². The first-order valence-corrected chi connectivity index (χ1v) is 7.66. The summed E-state index contributed by atoms with van der Waals surface area (Å²) >= 11 is 0. The molecule has 2 aromatic rings. The number of rotatable bonds is 3. The molecule has 1 aliphatic rings. The summed E-state index contributed by atoms with van der Waals surface area (Å²) in [7, 11) is 1.57. The molecule has 7 heteroatoms. The maximum absolute atomic E-state index is 12.9. The first kappa shape index (κ1) is 16.2. The molecule has 1 amide bonds. The molecule has 1 saturated heterocycles. The lowest BCUT2D eigenvalue weighted by atomic mass is 9.93. The molecule has 24 heavy (non-hydrogen) atoms. The van der Waals surface area contributed by atoms with E-state index in [2.05, 4.69) is 5.10 Å². The number of aromatic nitrogens is 2. The molecule has 0 bridgehead atoms. The van der Waals surface area contributed by atoms with Gasteiger partial charge in [0.15, 0.2) is 0 Å². The molecule has 2 heterocycles. The predicted molar refractivity (Wildman–Crippen MR) is 85.8 cm³/mol. The fraction of sp³-hybridized carbons (Fsp3) is 0.353. The highest BCUT2D eigenvalue weighted by molar-refractivity contribution is 6.03. The van der Waals surface area contributed by atoms with E-state index >= 15 is 0 Å². The fourth-order valence-electron chi connectivity index (χ4n) is 3.01. The summed E-state index contributed by atoms with van der Waals surface area (Å²) in [6.45, 7) is 3.08. The molecule has 0 aliphatic carbocycles. The minimum atomic E-state index is -1.16. The van der Waals surface area contributed by atoms with E-state index in [1.54, 1.807) is 11.9 Å². The van der Waals surface area contributed by atoms with Crippen LogP contribution in [0.1, 0.15) is 33.3 Å². The Labute approximate surface area is 139 Å². The second-order valence-electron chi connectivity index (χ2n) is 6.01. The van der Waals surface area contributed by atoms with Gasteiger partial charge in [-0.15, -0.1) is 0 Å². The van der Waals surface area contributed by atoms with Crippen molar-refractivity contribution in [2.45, 2.75) is 12.5 Å². The van der Waals surface area contributed by atoms with E-state index in [1.807, 2.05) is 37.3 Å². The van der Waals surface area contributed by atoms with Gasteiger partial charge < -0.3 is 14.7 Å². The molecule has 1 aliphatic heterocycles. The van der Waals surface area contributed by atoms with Crippen LogP contribution >= 0.6 is 0 Å². The number of aryl methyl sites for hydroxylation is 1. The number of nitrogens with zero attached hydrogens (tertiary/aromatic N) is 3. The monoisotopic (exact) mass is 329 g/mol. The standard InChI is InChI=1S/C17H19N3O4/c1-17(12-6-4-3-5-7-12)11-20(8-9-24-17)15(21)14-13(16(22)23)10-18-19(14)2/h3-7,10H,8-9,11H2,1-2H3,(H,22,23)/t17-/m0/s1. The van der Waals surface area contributed by atoms with Crippen molar-refractivity contribution in [1.82, 2.24) is 14.7 Å². The van der Waals surface area contributed by atoms with E-state index in [-0.39, 0.29) is 17.2 Å². The van der Waals surface area contributed by atoms with E-state index < -0.39 is 11.6 Å². The minimum Gasteiger partial charge on any atom is -0.478 e. The summed E-state index contributed by atoms with van der Waals surface area (Å²) in [6.07, 6.45) is 1.20. The lowest BCUT2D eigenvalue weighted by molar-refractivity contribution is -0.0932. The molecular formula is C17H19N3O4. The third-order valence-corrected chi connectivity index (χ3v) is 4.32. The van der Waals surface area contributed by atoms with Crippen molar-refractivity contribution in [2.24, 2.45) is 7.05 Å². The van der Waals surface area contributed by atoms with Crippen molar-refractivity contribution in [2.75, 3.05) is 19.7 Å². The van der Waals surface area contributed by atoms with Gasteiger partial charge in [0.2, 0.25) is 0 Å². The van der Waals surface area contributed by atoms with E-state index in [0.717, 1.165) is 5.56 Å². The Kier molecular flexibility index (Phi) is 4.11. The highest BCUT2D eigenvalue weighted by Gasteiger charge is 2.37. The third kappa shape index (κ3) is 2.78. The Morgan fingerprint density at radius 3 is 2.67 bits per heavy atom. The quantitative estimate of drug-likeness (QED) is 0.922. The molecule has 1 fully saturated rings. The molecule has 0 unspecified atom stereocenters. The summed E-state index contributed by atoms with van der Waals surface area (Å²) in [4.78, 5) is 25.8. The van der Waals surface area contributed by atoms with Crippen molar-refractivity contribution in [1.29, 1.82) is 0 Å². The number of hydrogen-bond donors (Lipinski definition) is 1. The first-order chi connectivity index (χ1) is 11.4. The molecule has 0 saturated carbocycles. The Morgan fingerprint density at radius 2 is 2.00 bits per heavy atom. The molecule has 0 spiro atoms. The average Bonchev–Trinajstić information content (AvgIpc) is 2.97. The van der Waals surface area contributed by atoms with Gasteiger partial charge in [0.05, 0.1) is 19.3 Å². The maximum atomic E-state index is 12.9. The number of carboxylic acids is 1. The van der Waals surface area contributed by atoms with Gasteiger partial charge in [-0.2, -0.15) is 5.10 Å². The summed E-state index contributed by atoms with van der Waals surface area (Å²) < 4.78 is 7.23. The number of hydrogen-bond acceptors (Lipinski definition) is 4. The number of amides is 1. The van der Waals surface area contributed by atoms with Gasteiger partial charge in [-0.05, 0) is 12.5 Å². The molecule has 3 rings (SSSR count). The zero-order valence-electron chi connectivity index (χ0n) is 13.6. The van der Waals surface area contributed by atoms with E-state index in [1.165, 1.54) is 10.9 Å². The Morgan fingerprint density at radius 1 is 1.29 bits per heavy atom. The lowest BCUT2D eigenvalue weighted by Gasteiger charge is -2.40. The second kappa shape index (κ2) is 6.09. The second-order valence-corrected chi connectivity index (χ2v) is 6.01. The zero-order chi connectivity index (χ0) is 17.3. The number of carbonyl (C=O) groups excluding carboxylic acids is 1. The number of carboxylic acid groups (broad SMARTS) is 1. The van der Waals surface area contributed by atoms with Gasteiger partial charge in [-0.25, -0.2) is 4.79 Å². The van der Waals surface area contributed by atoms with Crippen molar-refractivity contribution >= 4 is 11.9 Å². The van der Waals surface area contributed by atoms with Crippen LogP contribution in [0.25, 0.3) is 0 Å². The molecule has 1 N–H and O–H groups in total. The SMILES string of the molecule is Cn1ncc(C(=O)O)c1C(=O)N1CCO[C@](C)(c2ccccc2)C1. The predicted octanol–water partition coefficient (Wildman–Crippen LogP) is 1.51. The van der Waals surface area contributed by atoms with E-state index in [0.29, 0.717) is 19.7 Å². The van der Waals surface area contributed by atoms with Crippen LogP contribution in [0, 0.1) is 0 Å². The summed E-state index contributed by atoms with van der Waals surface area (Å²) in [5.74, 6) is -1.51. The zero-order valence-corrected chi connectivity index (χ0v) is 13.6. The van der Waals surface area contributed by atoms with Crippen LogP contribution in [0.3, 0.4) is 0 Å². The summed E-state index contributed by atoms with van der Waals surface area (Å²) in [5.41, 5.74) is 0.345. The molecule has 126 valence electrons. The first-order valence-electron chi connectivity index (χ1n) is 7.66. The Hall–Kier alpha value is -2.67. The summed E-state index contributed by atoms with van der Waals surface area (Å²) in [5, 5.41) is 13.2. The number of morpholine rings is 1. The van der Waals surface area contributed by atoms with Crippen LogP contribution in [0.15, 0.2) is 36.5 Å². The molecule has 0 radical (unpaired) electrons. The van der Waals surface area contributed by atoms with Gasteiger partial charge in [0.25, 0.3) is 5.91 Å². The fourth-order valence-corrected chi connectivity index (χ4v) is 3.01. The Balaban J connectivity index is 1.89. The van der Waals surface area contributed by atoms with Gasteiger partial charge >= 0.3 is 5.97 Å². The van der Waals surface area contributed by atoms with Gasteiger partial charge in [-0.3, -0.25) is 9.48 Å². The number of ether oxygens (including phenoxy) is 1. The van der Waals surface area contributed by atoms with Crippen molar-refractivity contribution in [3.05, 3.63) is 53.3 Å². The largest absolute Gasteiger partial charge is 0.478 e. The smallest absolute Gasteiger partial charge is 0.339 e. The number of carbonyl (C=O) groups is 2. The van der Waals surface area contributed by atoms with Crippen LogP contribution < -0.4 is 0 Å². The van der Waals surface area contributed by atoms with Crippen LogP contribution in [-0.2, 0) is 17.4 Å². The lowest BCUT2D eigenvalue weighted by Crippen LogP contribution is -2.51. The highest BCUT2D eigenvalue weighted by atomic mass is 16.5. The molecular weight excluding hydrogens is 310 g/mol. The normalized spacial score (nSPS) is 20.8. The van der Waals surface area contributed by atoms with Crippen molar-refractivity contribution in [3.8, 4) is 0 Å². The molecule has 7 nitrogen and oxygen atoms in total. The van der Waals surface area contributed by atoms with Crippen LogP contribution in [-0.4, -0.2) is 51.4 Å². The molecule has 1 atom stereocenters. The highest BCUT2D eigenvalue weighted by Crippen LogP contribution is 2.30. The van der Waals surface area contributed by atoms with Gasteiger partial charge in [0.1, 0.15) is 16.9 Å². The third-order valence-electron chi connectivity index (χ3n) is 4.32. The van der Waals surface area contributed by atoms with Crippen molar-refractivity contribution < 1.29 is 19.4 Å². The number of aromatic carboxylic acids is 1. The minimum absolute atomic E-state index is 0.0832. The average molecular weight is 329 g/mol. The van der Waals surface area contributed by atoms with E-state index in [9.17, 15) is 14.7 Å². The van der Waals surface area contributed by atoms with Gasteiger partial charge in [0, 0.05) is 13.6 Å². The van der Waals surface area contributed by atoms with Crippen molar-refractivity contribution in [3.63, 3.8) is 0 Å². The molecule has 1 aromatic heterocycles. The Bertz CT molecular complexity index is 771. The molecule has 1 aromatic carbocycles. The number of benzene rings is 1. The topological polar surface area (TPSA) is 84.7 Å². The van der Waals surface area contributed by atoms with Gasteiger partial charge in [-0.1, -0.05) is 30.3 Å². The maximum Gasteiger partial charge on any atom is 0.339 e. The van der Waals surface area contributed by atoms with Crippen LogP contribution in [0.2, 0.25) is 0 Å².